The van der Waals surface area contributed by atoms with Crippen molar-refractivity contribution >= 4 is 11.6 Å². The van der Waals surface area contributed by atoms with Crippen molar-refractivity contribution < 1.29 is 14.0 Å². The second-order valence-electron chi connectivity index (χ2n) is 4.15. The minimum absolute atomic E-state index is 0.0886. The maximum atomic E-state index is 12.7. The summed E-state index contributed by atoms with van der Waals surface area (Å²) >= 11 is 0. The first-order chi connectivity index (χ1) is 7.43. The molecule has 0 aliphatic rings. The second kappa shape index (κ2) is 5.01. The Labute approximate surface area is 94.5 Å². The first-order valence-electron chi connectivity index (χ1n) is 5.27. The Kier molecular flexibility index (Phi) is 3.93. The molecule has 86 valence electrons. The Bertz CT molecular complexity index is 393. The van der Waals surface area contributed by atoms with Gasteiger partial charge in [0.05, 0.1) is 5.92 Å². The van der Waals surface area contributed by atoms with Crippen LogP contribution >= 0.6 is 0 Å². The molecule has 1 aromatic rings. The van der Waals surface area contributed by atoms with Crippen LogP contribution in [-0.4, -0.2) is 11.6 Å². The largest absolute Gasteiger partial charge is 0.299 e. The van der Waals surface area contributed by atoms with Gasteiger partial charge in [-0.15, -0.1) is 0 Å². The van der Waals surface area contributed by atoms with E-state index < -0.39 is 5.92 Å². The van der Waals surface area contributed by atoms with E-state index >= 15 is 0 Å². The number of benzene rings is 1. The van der Waals surface area contributed by atoms with Gasteiger partial charge < -0.3 is 0 Å². The highest BCUT2D eigenvalue weighted by molar-refractivity contribution is 6.10. The molecule has 0 spiro atoms. The fourth-order valence-corrected chi connectivity index (χ4v) is 1.49. The first kappa shape index (κ1) is 12.6. The molecule has 0 aliphatic heterocycles. The molecule has 0 aliphatic carbocycles. The van der Waals surface area contributed by atoms with Crippen molar-refractivity contribution in [2.45, 2.75) is 20.8 Å². The average Bonchev–Trinajstić information content (AvgIpc) is 2.27. The fraction of sp³-hybridized carbons (Fsp3) is 0.385. The molecule has 0 aromatic heterocycles. The van der Waals surface area contributed by atoms with Crippen molar-refractivity contribution in [2.75, 3.05) is 0 Å². The lowest BCUT2D eigenvalue weighted by molar-refractivity contribution is -0.123. The molecule has 3 heteroatoms. The second-order valence-corrected chi connectivity index (χ2v) is 4.15. The topological polar surface area (TPSA) is 34.1 Å². The van der Waals surface area contributed by atoms with Gasteiger partial charge >= 0.3 is 0 Å². The molecule has 1 aromatic carbocycles. The molecule has 0 bridgehead atoms. The van der Waals surface area contributed by atoms with E-state index in [4.69, 9.17) is 0 Å². The predicted molar refractivity (Wildman–Crippen MR) is 59.7 cm³/mol. The van der Waals surface area contributed by atoms with Crippen LogP contribution in [0.5, 0.6) is 0 Å². The highest BCUT2D eigenvalue weighted by Gasteiger charge is 2.24. The van der Waals surface area contributed by atoms with E-state index in [0.717, 1.165) is 0 Å². The number of hydrogen-bond acceptors (Lipinski definition) is 2. The van der Waals surface area contributed by atoms with Crippen molar-refractivity contribution in [3.8, 4) is 0 Å². The molecule has 0 fully saturated rings. The minimum atomic E-state index is -0.662. The van der Waals surface area contributed by atoms with Gasteiger partial charge in [0, 0.05) is 11.5 Å². The van der Waals surface area contributed by atoms with Crippen molar-refractivity contribution in [3.63, 3.8) is 0 Å². The van der Waals surface area contributed by atoms with Gasteiger partial charge in [0.25, 0.3) is 0 Å². The van der Waals surface area contributed by atoms with E-state index in [-0.39, 0.29) is 23.3 Å². The summed E-state index contributed by atoms with van der Waals surface area (Å²) in [5.41, 5.74) is 0.378. The molecule has 16 heavy (non-hydrogen) atoms. The maximum absolute atomic E-state index is 12.7. The van der Waals surface area contributed by atoms with Gasteiger partial charge in [-0.25, -0.2) is 4.39 Å². The molecule has 0 amide bonds. The van der Waals surface area contributed by atoms with Crippen molar-refractivity contribution in [1.29, 1.82) is 0 Å². The SMILES string of the molecule is CC(C)C(=O)C(C)C(=O)c1ccc(F)cc1. The molecule has 0 radical (unpaired) electrons. The third-order valence-corrected chi connectivity index (χ3v) is 2.52. The molecule has 0 saturated carbocycles. The summed E-state index contributed by atoms with van der Waals surface area (Å²) in [7, 11) is 0. The van der Waals surface area contributed by atoms with Crippen molar-refractivity contribution in [3.05, 3.63) is 35.6 Å². The van der Waals surface area contributed by atoms with Gasteiger partial charge in [-0.2, -0.15) is 0 Å². The third-order valence-electron chi connectivity index (χ3n) is 2.52. The Morgan fingerprint density at radius 1 is 1.06 bits per heavy atom. The highest BCUT2D eigenvalue weighted by atomic mass is 19.1. The summed E-state index contributed by atoms with van der Waals surface area (Å²) in [5.74, 6) is -1.56. The summed E-state index contributed by atoms with van der Waals surface area (Å²) in [4.78, 5) is 23.5. The summed E-state index contributed by atoms with van der Waals surface area (Å²) in [6, 6.07) is 5.25. The van der Waals surface area contributed by atoms with Gasteiger partial charge in [0.2, 0.25) is 0 Å². The van der Waals surface area contributed by atoms with Crippen LogP contribution in [0.25, 0.3) is 0 Å². The molecule has 0 N–H and O–H groups in total. The number of ketones is 2. The number of hydrogen-bond donors (Lipinski definition) is 0. The van der Waals surface area contributed by atoms with Crippen LogP contribution in [0, 0.1) is 17.7 Å². The highest BCUT2D eigenvalue weighted by Crippen LogP contribution is 2.14. The van der Waals surface area contributed by atoms with E-state index in [1.165, 1.54) is 24.3 Å². The first-order valence-corrected chi connectivity index (χ1v) is 5.27. The fourth-order valence-electron chi connectivity index (χ4n) is 1.49. The number of halogens is 1. The predicted octanol–water partition coefficient (Wildman–Crippen LogP) is 2.87. The van der Waals surface area contributed by atoms with E-state index in [1.807, 2.05) is 0 Å². The van der Waals surface area contributed by atoms with Crippen LogP contribution < -0.4 is 0 Å². The monoisotopic (exact) mass is 222 g/mol. The van der Waals surface area contributed by atoms with Crippen LogP contribution in [0.15, 0.2) is 24.3 Å². The molecule has 1 atom stereocenters. The van der Waals surface area contributed by atoms with Crippen LogP contribution in [0.1, 0.15) is 31.1 Å². The Hall–Kier alpha value is -1.51. The zero-order valence-electron chi connectivity index (χ0n) is 9.66. The summed E-state index contributed by atoms with van der Waals surface area (Å²) in [6.45, 7) is 5.11. The quantitative estimate of drug-likeness (QED) is 0.580. The Balaban J connectivity index is 2.86. The maximum Gasteiger partial charge on any atom is 0.173 e. The minimum Gasteiger partial charge on any atom is -0.299 e. The lowest BCUT2D eigenvalue weighted by Gasteiger charge is -2.11. The molecule has 1 rings (SSSR count). The van der Waals surface area contributed by atoms with Crippen LogP contribution in [0.4, 0.5) is 4.39 Å². The summed E-state index contributed by atoms with van der Waals surface area (Å²) < 4.78 is 12.7. The smallest absolute Gasteiger partial charge is 0.173 e. The van der Waals surface area contributed by atoms with Crippen LogP contribution in [-0.2, 0) is 4.79 Å². The molecule has 0 heterocycles. The van der Waals surface area contributed by atoms with E-state index in [9.17, 15) is 14.0 Å². The van der Waals surface area contributed by atoms with E-state index in [1.54, 1.807) is 20.8 Å². The molecular formula is C13H15FO2. The molecule has 2 nitrogen and oxygen atoms in total. The number of carbonyl (C=O) groups excluding carboxylic acids is 2. The molecular weight excluding hydrogens is 207 g/mol. The molecule has 1 unspecified atom stereocenters. The number of rotatable bonds is 4. The average molecular weight is 222 g/mol. The van der Waals surface area contributed by atoms with Crippen LogP contribution in [0.2, 0.25) is 0 Å². The van der Waals surface area contributed by atoms with Gasteiger partial charge in [0.1, 0.15) is 11.6 Å². The third kappa shape index (κ3) is 2.75. The Morgan fingerprint density at radius 3 is 2.00 bits per heavy atom. The van der Waals surface area contributed by atoms with E-state index in [2.05, 4.69) is 0 Å². The van der Waals surface area contributed by atoms with Gasteiger partial charge in [-0.3, -0.25) is 9.59 Å². The zero-order chi connectivity index (χ0) is 12.3. The number of Topliss-reactive ketones (excluding diaryl/α,β-unsaturated/α-hetero) is 2. The standard InChI is InChI=1S/C13H15FO2/c1-8(2)12(15)9(3)13(16)10-4-6-11(14)7-5-10/h4-9H,1-3H3. The lowest BCUT2D eigenvalue weighted by Crippen LogP contribution is -2.25. The zero-order valence-corrected chi connectivity index (χ0v) is 9.66. The van der Waals surface area contributed by atoms with Crippen molar-refractivity contribution in [1.82, 2.24) is 0 Å². The van der Waals surface area contributed by atoms with Crippen LogP contribution in [0.3, 0.4) is 0 Å². The Morgan fingerprint density at radius 2 is 1.56 bits per heavy atom. The van der Waals surface area contributed by atoms with Gasteiger partial charge in [-0.05, 0) is 31.2 Å². The summed E-state index contributed by atoms with van der Waals surface area (Å²) in [6.07, 6.45) is 0. The van der Waals surface area contributed by atoms with Gasteiger partial charge in [0.15, 0.2) is 5.78 Å². The van der Waals surface area contributed by atoms with Gasteiger partial charge in [-0.1, -0.05) is 13.8 Å². The lowest BCUT2D eigenvalue weighted by atomic mass is 9.90. The van der Waals surface area contributed by atoms with E-state index in [0.29, 0.717) is 5.56 Å². The molecule has 0 saturated heterocycles. The normalized spacial score (nSPS) is 12.6. The summed E-state index contributed by atoms with van der Waals surface area (Å²) in [5, 5.41) is 0. The number of carbonyl (C=O) groups is 2. The van der Waals surface area contributed by atoms with Crippen molar-refractivity contribution in [2.24, 2.45) is 11.8 Å².